The second-order valence-electron chi connectivity index (χ2n) is 8.77. The van der Waals surface area contributed by atoms with Gasteiger partial charge in [-0.15, -0.1) is 0 Å². The number of benzene rings is 2. The quantitative estimate of drug-likeness (QED) is 0.550. The lowest BCUT2D eigenvalue weighted by molar-refractivity contribution is -0.142. The van der Waals surface area contributed by atoms with Crippen LogP contribution >= 0.6 is 0 Å². The molecule has 0 radical (unpaired) electrons. The molecule has 2 aliphatic rings. The molecule has 1 fully saturated rings. The number of alkyl carbamates (subject to hydrolysis) is 1. The Bertz CT molecular complexity index is 1010. The maximum atomic E-state index is 12.7. The van der Waals surface area contributed by atoms with Crippen LogP contribution in [0.3, 0.4) is 0 Å². The monoisotopic (exact) mass is 466 g/mol. The van der Waals surface area contributed by atoms with Gasteiger partial charge in [0.05, 0.1) is 6.61 Å². The summed E-state index contributed by atoms with van der Waals surface area (Å²) in [5.41, 5.74) is 4.60. The van der Waals surface area contributed by atoms with Gasteiger partial charge in [0, 0.05) is 30.9 Å². The van der Waals surface area contributed by atoms with Crippen molar-refractivity contribution in [1.82, 2.24) is 10.6 Å². The van der Waals surface area contributed by atoms with Gasteiger partial charge in [-0.05, 0) is 35.1 Å². The Labute approximate surface area is 198 Å². The van der Waals surface area contributed by atoms with E-state index in [-0.39, 0.29) is 36.8 Å². The van der Waals surface area contributed by atoms with E-state index < -0.39 is 18.1 Å². The lowest BCUT2D eigenvalue weighted by Gasteiger charge is -2.32. The first-order valence-corrected chi connectivity index (χ1v) is 11.7. The summed E-state index contributed by atoms with van der Waals surface area (Å²) in [5.74, 6) is -1.73. The first-order valence-electron chi connectivity index (χ1n) is 11.7. The highest BCUT2D eigenvalue weighted by Crippen LogP contribution is 2.44. The fourth-order valence-corrected chi connectivity index (χ4v) is 4.81. The summed E-state index contributed by atoms with van der Waals surface area (Å²) in [7, 11) is 0. The van der Waals surface area contributed by atoms with Crippen molar-refractivity contribution in [2.45, 2.75) is 44.2 Å². The normalized spacial score (nSPS) is 20.0. The number of carboxylic acid groups (broad SMARTS) is 1. The van der Waals surface area contributed by atoms with E-state index in [9.17, 15) is 14.4 Å². The number of carboxylic acids is 1. The molecule has 8 nitrogen and oxygen atoms in total. The zero-order chi connectivity index (χ0) is 24.1. The van der Waals surface area contributed by atoms with E-state index in [1.54, 1.807) is 6.92 Å². The van der Waals surface area contributed by atoms with E-state index in [0.717, 1.165) is 22.3 Å². The maximum absolute atomic E-state index is 12.7. The molecule has 1 heterocycles. The predicted molar refractivity (Wildman–Crippen MR) is 125 cm³/mol. The minimum atomic E-state index is -1.07. The van der Waals surface area contributed by atoms with Crippen LogP contribution in [0.5, 0.6) is 0 Å². The molecule has 2 aromatic rings. The van der Waals surface area contributed by atoms with E-state index >= 15 is 0 Å². The molecule has 0 bridgehead atoms. The second kappa shape index (κ2) is 10.7. The molecular formula is C26H30N2O6. The lowest BCUT2D eigenvalue weighted by Crippen LogP contribution is -2.48. The van der Waals surface area contributed by atoms with Crippen LogP contribution in [-0.4, -0.2) is 55.0 Å². The third kappa shape index (κ3) is 5.22. The summed E-state index contributed by atoms with van der Waals surface area (Å²) >= 11 is 0. The van der Waals surface area contributed by atoms with E-state index in [2.05, 4.69) is 34.9 Å². The molecule has 2 unspecified atom stereocenters. The molecule has 180 valence electrons. The van der Waals surface area contributed by atoms with Gasteiger partial charge in [-0.3, -0.25) is 4.79 Å². The molecule has 1 aliphatic heterocycles. The number of nitrogens with one attached hydrogen (secondary N) is 2. The molecule has 3 N–H and O–H groups in total. The Morgan fingerprint density at radius 3 is 2.35 bits per heavy atom. The Kier molecular flexibility index (Phi) is 7.47. The van der Waals surface area contributed by atoms with Crippen LogP contribution < -0.4 is 10.6 Å². The molecule has 1 aliphatic carbocycles. The van der Waals surface area contributed by atoms with Gasteiger partial charge in [0.1, 0.15) is 12.6 Å². The number of rotatable bonds is 8. The number of hydrogen-bond donors (Lipinski definition) is 3. The standard InChI is InChI=1S/C26H30N2O6/c1-2-22(25(30)31)27-24(29)13-16-14-33-12-11-23(16)28-26(32)34-15-21-19-9-5-3-7-17(19)18-8-4-6-10-20(18)21/h3-10,16,21-23H,2,11-15H2,1H3,(H,27,29)(H,28,32)(H,30,31)/t16?,22-,23?/m0/s1. The predicted octanol–water partition coefficient (Wildman–Crippen LogP) is 3.30. The van der Waals surface area contributed by atoms with Crippen molar-refractivity contribution in [1.29, 1.82) is 0 Å². The van der Waals surface area contributed by atoms with E-state index in [4.69, 9.17) is 14.6 Å². The molecule has 2 amide bonds. The summed E-state index contributed by atoms with van der Waals surface area (Å²) < 4.78 is 11.1. The first kappa shape index (κ1) is 23.8. The van der Waals surface area contributed by atoms with Crippen LogP contribution in [0.25, 0.3) is 11.1 Å². The molecule has 4 rings (SSSR count). The highest BCUT2D eigenvalue weighted by Gasteiger charge is 2.32. The average Bonchev–Trinajstić information content (AvgIpc) is 3.16. The minimum absolute atomic E-state index is 0.0311. The highest BCUT2D eigenvalue weighted by molar-refractivity contribution is 5.83. The number of carbonyl (C=O) groups excluding carboxylic acids is 2. The summed E-state index contributed by atoms with van der Waals surface area (Å²) in [5, 5.41) is 14.6. The molecule has 0 aromatic heterocycles. The summed E-state index contributed by atoms with van der Waals surface area (Å²) in [4.78, 5) is 36.3. The minimum Gasteiger partial charge on any atom is -0.480 e. The van der Waals surface area contributed by atoms with Crippen molar-refractivity contribution in [3.63, 3.8) is 0 Å². The van der Waals surface area contributed by atoms with Crippen LogP contribution in [0.2, 0.25) is 0 Å². The Hall–Kier alpha value is -3.39. The van der Waals surface area contributed by atoms with Crippen LogP contribution in [0.15, 0.2) is 48.5 Å². The van der Waals surface area contributed by atoms with Crippen molar-refractivity contribution in [3.05, 3.63) is 59.7 Å². The van der Waals surface area contributed by atoms with Gasteiger partial charge in [0.2, 0.25) is 5.91 Å². The molecule has 1 saturated heterocycles. The molecule has 8 heteroatoms. The van der Waals surface area contributed by atoms with Crippen molar-refractivity contribution in [2.24, 2.45) is 5.92 Å². The summed E-state index contributed by atoms with van der Waals surface area (Å²) in [6.45, 7) is 2.69. The molecule has 2 aromatic carbocycles. The molecule has 34 heavy (non-hydrogen) atoms. The fraction of sp³-hybridized carbons (Fsp3) is 0.423. The average molecular weight is 467 g/mol. The van der Waals surface area contributed by atoms with Gasteiger partial charge >= 0.3 is 12.1 Å². The topological polar surface area (TPSA) is 114 Å². The van der Waals surface area contributed by atoms with Crippen LogP contribution in [0.4, 0.5) is 4.79 Å². The number of hydrogen-bond acceptors (Lipinski definition) is 5. The second-order valence-corrected chi connectivity index (χ2v) is 8.77. The summed E-state index contributed by atoms with van der Waals surface area (Å²) in [6.07, 6.45) is 0.385. The smallest absolute Gasteiger partial charge is 0.407 e. The van der Waals surface area contributed by atoms with Crippen LogP contribution in [0, 0.1) is 5.92 Å². The zero-order valence-electron chi connectivity index (χ0n) is 19.2. The van der Waals surface area contributed by atoms with Crippen LogP contribution in [0.1, 0.15) is 43.2 Å². The lowest BCUT2D eigenvalue weighted by atomic mass is 9.92. The summed E-state index contributed by atoms with van der Waals surface area (Å²) in [6, 6.07) is 15.1. The largest absolute Gasteiger partial charge is 0.480 e. The van der Waals surface area contributed by atoms with Gasteiger partial charge in [-0.2, -0.15) is 0 Å². The number of fused-ring (bicyclic) bond motifs is 3. The number of amides is 2. The Morgan fingerprint density at radius 2 is 1.74 bits per heavy atom. The van der Waals surface area contributed by atoms with Crippen LogP contribution in [-0.2, 0) is 19.1 Å². The number of aliphatic carboxylic acids is 1. The van der Waals surface area contributed by atoms with E-state index in [1.165, 1.54) is 0 Å². The SMILES string of the molecule is CC[C@H](NC(=O)CC1COCCC1NC(=O)OCC1c2ccccc2-c2ccccc21)C(=O)O. The van der Waals surface area contributed by atoms with Gasteiger partial charge in [-0.25, -0.2) is 9.59 Å². The van der Waals surface area contributed by atoms with Crippen molar-refractivity contribution in [3.8, 4) is 11.1 Å². The number of carbonyl (C=O) groups is 3. The zero-order valence-corrected chi connectivity index (χ0v) is 19.2. The van der Waals surface area contributed by atoms with Crippen molar-refractivity contribution in [2.75, 3.05) is 19.8 Å². The molecule has 0 saturated carbocycles. The number of ether oxygens (including phenoxy) is 2. The molecule has 3 atom stereocenters. The van der Waals surface area contributed by atoms with E-state index in [1.807, 2.05) is 24.3 Å². The Morgan fingerprint density at radius 1 is 1.09 bits per heavy atom. The first-order chi connectivity index (χ1) is 16.5. The molecule has 0 spiro atoms. The van der Waals surface area contributed by atoms with Gasteiger partial charge in [0.25, 0.3) is 0 Å². The fourth-order valence-electron chi connectivity index (χ4n) is 4.81. The highest BCUT2D eigenvalue weighted by atomic mass is 16.5. The Balaban J connectivity index is 1.35. The van der Waals surface area contributed by atoms with Crippen molar-refractivity contribution < 1.29 is 29.0 Å². The van der Waals surface area contributed by atoms with Gasteiger partial charge in [-0.1, -0.05) is 55.5 Å². The maximum Gasteiger partial charge on any atom is 0.407 e. The third-order valence-corrected chi connectivity index (χ3v) is 6.61. The third-order valence-electron chi connectivity index (χ3n) is 6.61. The molecular weight excluding hydrogens is 436 g/mol. The van der Waals surface area contributed by atoms with Crippen molar-refractivity contribution >= 4 is 18.0 Å². The van der Waals surface area contributed by atoms with E-state index in [0.29, 0.717) is 26.1 Å². The van der Waals surface area contributed by atoms with Gasteiger partial charge < -0.3 is 25.2 Å². The van der Waals surface area contributed by atoms with Gasteiger partial charge in [0.15, 0.2) is 0 Å².